The van der Waals surface area contributed by atoms with Gasteiger partial charge in [0, 0.05) is 37.2 Å². The van der Waals surface area contributed by atoms with E-state index in [-0.39, 0.29) is 11.7 Å². The van der Waals surface area contributed by atoms with E-state index >= 15 is 0 Å². The fraction of sp³-hybridized carbons (Fsp3) is 0.222. The van der Waals surface area contributed by atoms with E-state index in [4.69, 9.17) is 4.98 Å². The summed E-state index contributed by atoms with van der Waals surface area (Å²) in [4.78, 5) is 20.2. The highest BCUT2D eigenvalue weighted by Crippen LogP contribution is 2.28. The number of benzene rings is 4. The predicted octanol–water partition coefficient (Wildman–Crippen LogP) is 7.70. The normalized spacial score (nSPS) is 11.3. The predicted molar refractivity (Wildman–Crippen MR) is 175 cm³/mol. The van der Waals surface area contributed by atoms with Gasteiger partial charge in [-0.15, -0.1) is 10.2 Å². The molecular weight excluding hydrogens is 569 g/mol. The van der Waals surface area contributed by atoms with Crippen molar-refractivity contribution in [3.05, 3.63) is 132 Å². The SMILES string of the molecule is O=C(CCCCSc1nnc2c3ccccc3n(Cc3ccc(F)cc3)c2n1)N(CCc1ccccc1)Cc1ccccc1. The van der Waals surface area contributed by atoms with Crippen molar-refractivity contribution >= 4 is 39.7 Å². The van der Waals surface area contributed by atoms with Crippen molar-refractivity contribution in [2.75, 3.05) is 12.3 Å². The highest BCUT2D eigenvalue weighted by Gasteiger charge is 2.16. The van der Waals surface area contributed by atoms with Gasteiger partial charge < -0.3 is 9.47 Å². The molecule has 0 unspecified atom stereocenters. The largest absolute Gasteiger partial charge is 0.338 e. The molecule has 0 N–H and O–H groups in total. The summed E-state index contributed by atoms with van der Waals surface area (Å²) < 4.78 is 15.6. The van der Waals surface area contributed by atoms with Gasteiger partial charge in [-0.25, -0.2) is 9.37 Å². The van der Waals surface area contributed by atoms with Gasteiger partial charge in [0.1, 0.15) is 11.3 Å². The summed E-state index contributed by atoms with van der Waals surface area (Å²) in [6.45, 7) is 1.86. The molecule has 0 spiro atoms. The van der Waals surface area contributed by atoms with Crippen LogP contribution in [-0.4, -0.2) is 42.9 Å². The van der Waals surface area contributed by atoms with Crippen LogP contribution < -0.4 is 0 Å². The molecule has 0 fully saturated rings. The molecule has 8 heteroatoms. The number of nitrogens with zero attached hydrogens (tertiary/aromatic N) is 5. The third-order valence-electron chi connectivity index (χ3n) is 7.71. The van der Waals surface area contributed by atoms with Crippen LogP contribution in [0.4, 0.5) is 4.39 Å². The zero-order valence-electron chi connectivity index (χ0n) is 24.5. The lowest BCUT2D eigenvalue weighted by Crippen LogP contribution is -2.32. The highest BCUT2D eigenvalue weighted by atomic mass is 32.2. The van der Waals surface area contributed by atoms with E-state index in [0.717, 1.165) is 58.2 Å². The fourth-order valence-electron chi connectivity index (χ4n) is 5.39. The Morgan fingerprint density at radius 1 is 0.773 bits per heavy atom. The van der Waals surface area contributed by atoms with Crippen LogP contribution in [0.25, 0.3) is 22.1 Å². The number of para-hydroxylation sites is 1. The van der Waals surface area contributed by atoms with E-state index in [0.29, 0.717) is 31.2 Å². The minimum Gasteiger partial charge on any atom is -0.338 e. The van der Waals surface area contributed by atoms with Gasteiger partial charge in [0.25, 0.3) is 0 Å². The molecule has 2 aromatic heterocycles. The summed E-state index contributed by atoms with van der Waals surface area (Å²) in [7, 11) is 0. The number of hydrogen-bond donors (Lipinski definition) is 0. The van der Waals surface area contributed by atoms with Crippen LogP contribution in [0.15, 0.2) is 114 Å². The number of rotatable bonds is 13. The van der Waals surface area contributed by atoms with Crippen LogP contribution in [0.3, 0.4) is 0 Å². The minimum atomic E-state index is -0.253. The molecule has 6 aromatic rings. The molecule has 222 valence electrons. The first-order valence-electron chi connectivity index (χ1n) is 15.0. The van der Waals surface area contributed by atoms with Crippen LogP contribution in [-0.2, 0) is 24.3 Å². The Hall–Kier alpha value is -4.56. The summed E-state index contributed by atoms with van der Waals surface area (Å²) >= 11 is 1.56. The molecule has 44 heavy (non-hydrogen) atoms. The molecule has 2 heterocycles. The maximum Gasteiger partial charge on any atom is 0.222 e. The number of hydrogen-bond acceptors (Lipinski definition) is 5. The van der Waals surface area contributed by atoms with Crippen molar-refractivity contribution < 1.29 is 9.18 Å². The molecule has 0 aliphatic rings. The second kappa shape index (κ2) is 14.3. The number of carbonyl (C=O) groups is 1. The molecular formula is C36H34FN5OS. The molecule has 0 radical (unpaired) electrons. The third kappa shape index (κ3) is 7.32. The van der Waals surface area contributed by atoms with Crippen LogP contribution in [0, 0.1) is 5.82 Å². The standard InChI is InChI=1S/C36H34FN5OS/c37-30-20-18-29(19-21-30)26-42-32-16-8-7-15-31(32)34-35(42)38-36(40-39-34)44-24-10-9-17-33(43)41(25-28-13-5-2-6-14-28)23-22-27-11-3-1-4-12-27/h1-8,11-16,18-21H,9-10,17,22-26H2. The molecule has 0 aliphatic carbocycles. The second-order valence-corrected chi connectivity index (χ2v) is 11.9. The van der Waals surface area contributed by atoms with Gasteiger partial charge >= 0.3 is 0 Å². The second-order valence-electron chi connectivity index (χ2n) is 10.8. The first kappa shape index (κ1) is 29.5. The molecule has 0 saturated heterocycles. The number of halogens is 1. The average Bonchev–Trinajstić information content (AvgIpc) is 3.37. The molecule has 6 rings (SSSR count). The Balaban J connectivity index is 1.07. The van der Waals surface area contributed by atoms with Crippen molar-refractivity contribution in [3.63, 3.8) is 0 Å². The average molecular weight is 604 g/mol. The minimum absolute atomic E-state index is 0.180. The number of thioether (sulfide) groups is 1. The highest BCUT2D eigenvalue weighted by molar-refractivity contribution is 7.99. The summed E-state index contributed by atoms with van der Waals surface area (Å²) in [5.74, 6) is 0.720. The number of aromatic nitrogens is 4. The van der Waals surface area contributed by atoms with Crippen molar-refractivity contribution in [2.24, 2.45) is 0 Å². The van der Waals surface area contributed by atoms with E-state index in [9.17, 15) is 9.18 Å². The van der Waals surface area contributed by atoms with E-state index < -0.39 is 0 Å². The van der Waals surface area contributed by atoms with Gasteiger partial charge in [-0.1, -0.05) is 103 Å². The van der Waals surface area contributed by atoms with Gasteiger partial charge in [0.05, 0.1) is 5.52 Å². The summed E-state index contributed by atoms with van der Waals surface area (Å²) in [5.41, 5.74) is 5.89. The Morgan fingerprint density at radius 3 is 2.25 bits per heavy atom. The maximum absolute atomic E-state index is 13.5. The van der Waals surface area contributed by atoms with E-state index in [1.165, 1.54) is 17.7 Å². The Labute approximate surface area is 261 Å². The summed E-state index contributed by atoms with van der Waals surface area (Å²) in [5, 5.41) is 10.6. The van der Waals surface area contributed by atoms with Crippen molar-refractivity contribution in [1.29, 1.82) is 0 Å². The van der Waals surface area contributed by atoms with Crippen molar-refractivity contribution in [2.45, 2.75) is 43.9 Å². The molecule has 6 nitrogen and oxygen atoms in total. The smallest absolute Gasteiger partial charge is 0.222 e. The van der Waals surface area contributed by atoms with Gasteiger partial charge in [-0.3, -0.25) is 4.79 Å². The summed E-state index contributed by atoms with van der Waals surface area (Å²) in [6.07, 6.45) is 3.00. The lowest BCUT2D eigenvalue weighted by atomic mass is 10.1. The van der Waals surface area contributed by atoms with Gasteiger partial charge in [0.2, 0.25) is 11.1 Å². The molecule has 1 amide bonds. The van der Waals surface area contributed by atoms with Crippen LogP contribution in [0.5, 0.6) is 0 Å². The number of carbonyl (C=O) groups excluding carboxylic acids is 1. The Morgan fingerprint density at radius 2 is 1.48 bits per heavy atom. The van der Waals surface area contributed by atoms with E-state index in [1.807, 2.05) is 65.6 Å². The lowest BCUT2D eigenvalue weighted by Gasteiger charge is -2.23. The fourth-order valence-corrected chi connectivity index (χ4v) is 6.17. The van der Waals surface area contributed by atoms with Crippen molar-refractivity contribution in [3.8, 4) is 0 Å². The number of amides is 1. The van der Waals surface area contributed by atoms with Gasteiger partial charge in [0.15, 0.2) is 5.65 Å². The molecule has 0 aliphatic heterocycles. The zero-order chi connectivity index (χ0) is 30.1. The zero-order valence-corrected chi connectivity index (χ0v) is 25.3. The topological polar surface area (TPSA) is 63.9 Å². The van der Waals surface area contributed by atoms with Crippen LogP contribution >= 0.6 is 11.8 Å². The first-order valence-corrected chi connectivity index (χ1v) is 16.0. The van der Waals surface area contributed by atoms with E-state index in [2.05, 4.69) is 39.0 Å². The molecule has 0 bridgehead atoms. The van der Waals surface area contributed by atoms with Crippen molar-refractivity contribution in [1.82, 2.24) is 24.6 Å². The monoisotopic (exact) mass is 603 g/mol. The maximum atomic E-state index is 13.5. The van der Waals surface area contributed by atoms with Gasteiger partial charge in [-0.05, 0) is 54.2 Å². The Kier molecular flexibility index (Phi) is 9.57. The van der Waals surface area contributed by atoms with Crippen LogP contribution in [0.2, 0.25) is 0 Å². The Bertz CT molecular complexity index is 1830. The van der Waals surface area contributed by atoms with E-state index in [1.54, 1.807) is 23.9 Å². The third-order valence-corrected chi connectivity index (χ3v) is 8.63. The molecule has 0 saturated carbocycles. The van der Waals surface area contributed by atoms with Crippen LogP contribution in [0.1, 0.15) is 36.0 Å². The first-order chi connectivity index (χ1) is 21.6. The summed E-state index contributed by atoms with van der Waals surface area (Å²) in [6, 6.07) is 35.1. The molecule has 0 atom stereocenters. The number of unbranched alkanes of at least 4 members (excludes halogenated alkanes) is 1. The molecule has 4 aromatic carbocycles. The number of fused-ring (bicyclic) bond motifs is 3. The van der Waals surface area contributed by atoms with Gasteiger partial charge in [-0.2, -0.15) is 0 Å². The lowest BCUT2D eigenvalue weighted by molar-refractivity contribution is -0.131. The quantitative estimate of drug-likeness (QED) is 0.100.